The normalized spacial score (nSPS) is 39.3. The SMILES string of the molecule is [2H]C([2H])([2H])C([2H])(c1nnc(C)n1C1CC2CCC(C1)N2CCC(NC(=O)C1C([2H])([2H])C([2H])([2H])C(F)(F)C([2H])([2H])C1([2H])[2H])c1ccccc1)C([2H])([2H])[2H]. The average molecular weight is 529 g/mol. The van der Waals surface area contributed by atoms with Crippen LogP contribution in [0.1, 0.15) is 127 Å². The third-order valence-corrected chi connectivity index (χ3v) is 7.52. The number of nitrogens with zero attached hydrogens (tertiary/aromatic N) is 4. The van der Waals surface area contributed by atoms with Crippen molar-refractivity contribution >= 4 is 5.91 Å². The molecule has 1 saturated carbocycles. The van der Waals surface area contributed by atoms with E-state index in [9.17, 15) is 4.79 Å². The zero-order valence-electron chi connectivity index (χ0n) is 35.5. The number of piperidine rings is 1. The molecule has 2 aliphatic heterocycles. The molecule has 1 aromatic heterocycles. The van der Waals surface area contributed by atoms with Crippen LogP contribution in [0.2, 0.25) is 0 Å². The summed E-state index contributed by atoms with van der Waals surface area (Å²) in [5.74, 6) is -12.6. The van der Waals surface area contributed by atoms with E-state index in [0.29, 0.717) is 37.8 Å². The smallest absolute Gasteiger partial charge is 0.248 e. The average Bonchev–Trinajstić information content (AvgIpc) is 3.51. The largest absolute Gasteiger partial charge is 0.349 e. The fourth-order valence-corrected chi connectivity index (χ4v) is 5.86. The number of benzene rings is 1. The maximum absolute atomic E-state index is 15.0. The van der Waals surface area contributed by atoms with Crippen LogP contribution in [-0.2, 0) is 4.79 Å². The minimum absolute atomic E-state index is 0.116. The van der Waals surface area contributed by atoms with Crippen LogP contribution in [0.25, 0.3) is 0 Å². The lowest BCUT2D eigenvalue weighted by Gasteiger charge is -2.40. The van der Waals surface area contributed by atoms with Crippen LogP contribution in [0.5, 0.6) is 0 Å². The number of halogens is 2. The molecule has 1 N–H and O–H groups in total. The third-order valence-electron chi connectivity index (χ3n) is 7.52. The molecule has 6 nitrogen and oxygen atoms in total. The predicted octanol–water partition coefficient (Wildman–Crippen LogP) is 5.95. The zero-order chi connectivity index (χ0) is 39.3. The first-order chi connectivity index (χ1) is 23.6. The molecule has 1 aliphatic carbocycles. The van der Waals surface area contributed by atoms with Gasteiger partial charge in [0.05, 0.1) is 6.04 Å². The standard InChI is InChI=1S/C29H41F2N5O/c1-19(2)27-34-33-20(3)36(27)25-17-23-9-10-24(18-25)35(23)16-13-26(21-7-5-4-6-8-21)32-28(37)22-11-14-29(30,31)15-12-22/h4-8,19,22-26H,9-18H2,1-3H3,(H,32,37)/i1D3,2D3,11D2,12D2,14D2,15D2,19D. The first-order valence-corrected chi connectivity index (χ1v) is 12.5. The van der Waals surface area contributed by atoms with Gasteiger partial charge in [0.15, 0.2) is 0 Å². The molecule has 1 aromatic carbocycles. The summed E-state index contributed by atoms with van der Waals surface area (Å²) in [7, 11) is 0. The Morgan fingerprint density at radius 2 is 1.84 bits per heavy atom. The van der Waals surface area contributed by atoms with Gasteiger partial charge in [-0.1, -0.05) is 44.0 Å². The number of carbonyl (C=O) groups excluding carboxylic acids is 1. The molecule has 1 amide bonds. The molecule has 3 aliphatic rings. The second kappa shape index (κ2) is 10.8. The predicted molar refractivity (Wildman–Crippen MR) is 139 cm³/mol. The zero-order valence-corrected chi connectivity index (χ0v) is 20.5. The van der Waals surface area contributed by atoms with Gasteiger partial charge in [-0.25, -0.2) is 8.78 Å². The summed E-state index contributed by atoms with van der Waals surface area (Å²) in [6, 6.07) is 6.67. The van der Waals surface area contributed by atoms with E-state index in [1.807, 2.05) is 0 Å². The second-order valence-corrected chi connectivity index (χ2v) is 9.87. The summed E-state index contributed by atoms with van der Waals surface area (Å²) < 4.78 is 152. The van der Waals surface area contributed by atoms with Crippen molar-refractivity contribution in [3.8, 4) is 0 Å². The Bertz CT molecular complexity index is 1590. The lowest BCUT2D eigenvalue weighted by atomic mass is 9.86. The van der Waals surface area contributed by atoms with Gasteiger partial charge >= 0.3 is 0 Å². The van der Waals surface area contributed by atoms with Gasteiger partial charge in [-0.05, 0) is 57.3 Å². The number of hydrogen-bond acceptors (Lipinski definition) is 4. The van der Waals surface area contributed by atoms with Gasteiger partial charge in [-0.3, -0.25) is 9.69 Å². The van der Waals surface area contributed by atoms with Crippen LogP contribution in [0, 0.1) is 12.8 Å². The minimum atomic E-state index is -5.12. The molecule has 0 radical (unpaired) electrons. The molecule has 8 heteroatoms. The molecule has 2 bridgehead atoms. The number of amides is 1. The first-order valence-electron chi connectivity index (χ1n) is 20.0. The van der Waals surface area contributed by atoms with Crippen molar-refractivity contribution in [2.24, 2.45) is 5.92 Å². The highest BCUT2D eigenvalue weighted by atomic mass is 19.3. The molecule has 0 spiro atoms. The number of fused-ring (bicyclic) bond motifs is 2. The number of rotatable bonds is 8. The van der Waals surface area contributed by atoms with Gasteiger partial charge in [0.1, 0.15) is 11.6 Å². The Kier molecular flexibility index (Phi) is 3.98. The Labute approximate surface area is 240 Å². The monoisotopic (exact) mass is 528 g/mol. The fourth-order valence-electron chi connectivity index (χ4n) is 5.86. The quantitative estimate of drug-likeness (QED) is 0.460. The van der Waals surface area contributed by atoms with E-state index in [-0.39, 0.29) is 24.3 Å². The number of carbonyl (C=O) groups is 1. The summed E-state index contributed by atoms with van der Waals surface area (Å²) in [6.45, 7) is -4.63. The molecular formula is C29H41F2N5O. The third kappa shape index (κ3) is 5.74. The van der Waals surface area contributed by atoms with Crippen LogP contribution in [0.3, 0.4) is 0 Å². The van der Waals surface area contributed by atoms with Gasteiger partial charge in [0, 0.05) is 69.8 Å². The number of hydrogen-bond donors (Lipinski definition) is 1. The second-order valence-electron chi connectivity index (χ2n) is 9.87. The van der Waals surface area contributed by atoms with E-state index in [1.54, 1.807) is 37.3 Å². The summed E-state index contributed by atoms with van der Waals surface area (Å²) in [5.41, 5.74) is 0.497. The van der Waals surface area contributed by atoms with Crippen LogP contribution >= 0.6 is 0 Å². The molecule has 202 valence electrons. The van der Waals surface area contributed by atoms with Gasteiger partial charge < -0.3 is 9.88 Å². The maximum Gasteiger partial charge on any atom is 0.248 e. The maximum atomic E-state index is 15.0. The van der Waals surface area contributed by atoms with Crippen LogP contribution in [-0.4, -0.2) is 50.1 Å². The summed E-state index contributed by atoms with van der Waals surface area (Å²) in [5, 5.41) is 10.4. The van der Waals surface area contributed by atoms with E-state index in [4.69, 9.17) is 20.6 Å². The van der Waals surface area contributed by atoms with Crippen LogP contribution in [0.4, 0.5) is 8.78 Å². The van der Waals surface area contributed by atoms with E-state index in [0.717, 1.165) is 0 Å². The van der Waals surface area contributed by atoms with E-state index >= 15 is 8.78 Å². The van der Waals surface area contributed by atoms with Crippen LogP contribution < -0.4 is 5.32 Å². The van der Waals surface area contributed by atoms with E-state index in [1.165, 1.54) is 4.57 Å². The lowest BCUT2D eigenvalue weighted by molar-refractivity contribution is -0.130. The highest BCUT2D eigenvalue weighted by Gasteiger charge is 2.42. The number of alkyl halides is 2. The van der Waals surface area contributed by atoms with Crippen molar-refractivity contribution in [3.63, 3.8) is 0 Å². The van der Waals surface area contributed by atoms with Crippen molar-refractivity contribution in [3.05, 3.63) is 47.5 Å². The Hall–Kier alpha value is -2.35. The van der Waals surface area contributed by atoms with Crippen molar-refractivity contribution in [1.29, 1.82) is 0 Å². The van der Waals surface area contributed by atoms with Gasteiger partial charge in [0.2, 0.25) is 11.8 Å². The molecule has 37 heavy (non-hydrogen) atoms. The molecule has 2 aromatic rings. The molecule has 3 unspecified atom stereocenters. The molecule has 3 fully saturated rings. The Balaban J connectivity index is 1.39. The fraction of sp³-hybridized carbons (Fsp3) is 0.690. The molecular weight excluding hydrogens is 472 g/mol. The highest BCUT2D eigenvalue weighted by Crippen LogP contribution is 2.42. The summed E-state index contributed by atoms with van der Waals surface area (Å²) in [6.07, 6.45) is -13.7. The molecule has 3 heterocycles. The molecule has 2 saturated heterocycles. The van der Waals surface area contributed by atoms with Crippen LogP contribution in [0.15, 0.2) is 30.3 Å². The number of aryl methyl sites for hydroxylation is 1. The van der Waals surface area contributed by atoms with Crippen molar-refractivity contribution in [2.75, 3.05) is 6.54 Å². The Morgan fingerprint density at radius 3 is 2.49 bits per heavy atom. The minimum Gasteiger partial charge on any atom is -0.349 e. The van der Waals surface area contributed by atoms with Gasteiger partial charge in [0.25, 0.3) is 0 Å². The topological polar surface area (TPSA) is 63.1 Å². The van der Waals surface area contributed by atoms with Crippen molar-refractivity contribution in [1.82, 2.24) is 25.0 Å². The van der Waals surface area contributed by atoms with E-state index < -0.39 is 80.7 Å². The first kappa shape index (κ1) is 13.6. The molecule has 5 rings (SSSR count). The number of aromatic nitrogens is 3. The number of nitrogens with one attached hydrogen (secondary N) is 1. The summed E-state index contributed by atoms with van der Waals surface area (Å²) >= 11 is 0. The Morgan fingerprint density at radius 1 is 1.16 bits per heavy atom. The lowest BCUT2D eigenvalue weighted by Crippen LogP contribution is -2.45. The highest BCUT2D eigenvalue weighted by molar-refractivity contribution is 5.79. The van der Waals surface area contributed by atoms with Crippen molar-refractivity contribution in [2.45, 2.75) is 114 Å². The van der Waals surface area contributed by atoms with E-state index in [2.05, 4.69) is 20.4 Å². The molecule has 3 atom stereocenters. The summed E-state index contributed by atoms with van der Waals surface area (Å²) in [4.78, 5) is 15.9. The van der Waals surface area contributed by atoms with Crippen molar-refractivity contribution < 1.29 is 34.1 Å². The van der Waals surface area contributed by atoms with Gasteiger partial charge in [-0.15, -0.1) is 10.2 Å². The van der Waals surface area contributed by atoms with Gasteiger partial charge in [-0.2, -0.15) is 0 Å².